The smallest absolute Gasteiger partial charge is 0.257 e. The van der Waals surface area contributed by atoms with Crippen molar-refractivity contribution in [1.82, 2.24) is 14.9 Å². The molecule has 1 amide bonds. The van der Waals surface area contributed by atoms with Crippen LogP contribution in [0.4, 0.5) is 0 Å². The van der Waals surface area contributed by atoms with Gasteiger partial charge in [-0.25, -0.2) is 4.98 Å². The fraction of sp³-hybridized carbons (Fsp3) is 0.259. The minimum absolute atomic E-state index is 0.00330. The summed E-state index contributed by atoms with van der Waals surface area (Å²) in [5, 5.41) is 2.93. The van der Waals surface area contributed by atoms with Crippen molar-refractivity contribution in [2.45, 2.75) is 26.3 Å². The Kier molecular flexibility index (Phi) is 7.59. The standard InChI is InChI=1S/C27H29N3O3/c1-21-10-5-8-15-25(21)32-19-9-18-30-24-14-7-6-13-23(24)29-26(30)16-17-28-27(31)20-33-22-11-3-2-4-12-22/h2-8,10-15H,9,16-20H2,1H3,(H,28,31). The number of hydrogen-bond donors (Lipinski definition) is 1. The molecule has 6 nitrogen and oxygen atoms in total. The maximum Gasteiger partial charge on any atom is 0.257 e. The van der Waals surface area contributed by atoms with Crippen LogP contribution >= 0.6 is 0 Å². The molecule has 0 aliphatic rings. The van der Waals surface area contributed by atoms with Crippen LogP contribution in [0.3, 0.4) is 0 Å². The van der Waals surface area contributed by atoms with Crippen LogP contribution < -0.4 is 14.8 Å². The average molecular weight is 444 g/mol. The van der Waals surface area contributed by atoms with E-state index in [9.17, 15) is 4.79 Å². The quantitative estimate of drug-likeness (QED) is 0.345. The molecule has 3 aromatic carbocycles. The summed E-state index contributed by atoms with van der Waals surface area (Å²) < 4.78 is 13.7. The Hall–Kier alpha value is -3.80. The molecule has 4 rings (SSSR count). The first-order valence-electron chi connectivity index (χ1n) is 11.3. The highest BCUT2D eigenvalue weighted by molar-refractivity contribution is 5.77. The highest BCUT2D eigenvalue weighted by Gasteiger charge is 2.11. The lowest BCUT2D eigenvalue weighted by Gasteiger charge is -2.12. The lowest BCUT2D eigenvalue weighted by atomic mass is 10.2. The van der Waals surface area contributed by atoms with E-state index in [4.69, 9.17) is 14.5 Å². The summed E-state index contributed by atoms with van der Waals surface area (Å²) in [6, 6.07) is 25.5. The predicted octanol–water partition coefficient (Wildman–Crippen LogP) is 4.55. The Bertz CT molecular complexity index is 1190. The molecule has 0 bridgehead atoms. The van der Waals surface area contributed by atoms with E-state index in [1.807, 2.05) is 66.7 Å². The zero-order chi connectivity index (χ0) is 22.9. The molecule has 0 spiro atoms. The number of aromatic nitrogens is 2. The molecule has 0 unspecified atom stereocenters. The highest BCUT2D eigenvalue weighted by Crippen LogP contribution is 2.19. The van der Waals surface area contributed by atoms with Gasteiger partial charge in [0.1, 0.15) is 17.3 Å². The summed E-state index contributed by atoms with van der Waals surface area (Å²) in [4.78, 5) is 17.0. The van der Waals surface area contributed by atoms with Gasteiger partial charge in [-0.3, -0.25) is 4.79 Å². The summed E-state index contributed by atoms with van der Waals surface area (Å²) >= 11 is 0. The van der Waals surface area contributed by atoms with Crippen molar-refractivity contribution in [3.05, 3.63) is 90.3 Å². The number of carbonyl (C=O) groups excluding carboxylic acids is 1. The number of aryl methyl sites for hydroxylation is 2. The summed E-state index contributed by atoms with van der Waals surface area (Å²) in [6.07, 6.45) is 1.50. The summed E-state index contributed by atoms with van der Waals surface area (Å²) in [5.74, 6) is 2.42. The molecule has 4 aromatic rings. The van der Waals surface area contributed by atoms with Gasteiger partial charge in [-0.15, -0.1) is 0 Å². The average Bonchev–Trinajstić information content (AvgIpc) is 3.19. The van der Waals surface area contributed by atoms with Gasteiger partial charge in [-0.1, -0.05) is 48.5 Å². The summed E-state index contributed by atoms with van der Waals surface area (Å²) in [7, 11) is 0. The summed E-state index contributed by atoms with van der Waals surface area (Å²) in [5.41, 5.74) is 3.20. The molecule has 0 radical (unpaired) electrons. The van der Waals surface area contributed by atoms with Crippen molar-refractivity contribution >= 4 is 16.9 Å². The van der Waals surface area contributed by atoms with Crippen molar-refractivity contribution in [2.75, 3.05) is 19.8 Å². The van der Waals surface area contributed by atoms with E-state index in [0.29, 0.717) is 25.3 Å². The minimum Gasteiger partial charge on any atom is -0.493 e. The molecule has 170 valence electrons. The number of imidazole rings is 1. The molecule has 0 saturated heterocycles. The van der Waals surface area contributed by atoms with Gasteiger partial charge in [0.25, 0.3) is 5.91 Å². The van der Waals surface area contributed by atoms with E-state index in [-0.39, 0.29) is 12.5 Å². The van der Waals surface area contributed by atoms with Crippen LogP contribution in [0.1, 0.15) is 17.8 Å². The van der Waals surface area contributed by atoms with Crippen LogP contribution in [0.5, 0.6) is 11.5 Å². The molecule has 0 aliphatic carbocycles. The van der Waals surface area contributed by atoms with E-state index in [1.165, 1.54) is 0 Å². The maximum atomic E-state index is 12.2. The van der Waals surface area contributed by atoms with Gasteiger partial charge in [-0.05, 0) is 49.2 Å². The Balaban J connectivity index is 1.31. The van der Waals surface area contributed by atoms with Crippen LogP contribution in [0.25, 0.3) is 11.0 Å². The van der Waals surface area contributed by atoms with E-state index < -0.39 is 0 Å². The first-order chi connectivity index (χ1) is 16.2. The second-order valence-corrected chi connectivity index (χ2v) is 7.84. The van der Waals surface area contributed by atoms with Gasteiger partial charge < -0.3 is 19.4 Å². The predicted molar refractivity (Wildman–Crippen MR) is 130 cm³/mol. The third-order valence-corrected chi connectivity index (χ3v) is 5.39. The molecule has 0 aliphatic heterocycles. The van der Waals surface area contributed by atoms with Crippen molar-refractivity contribution in [1.29, 1.82) is 0 Å². The normalized spacial score (nSPS) is 10.8. The number of carbonyl (C=O) groups is 1. The van der Waals surface area contributed by atoms with Crippen molar-refractivity contribution in [2.24, 2.45) is 0 Å². The van der Waals surface area contributed by atoms with Crippen molar-refractivity contribution in [3.63, 3.8) is 0 Å². The third-order valence-electron chi connectivity index (χ3n) is 5.39. The van der Waals surface area contributed by atoms with Gasteiger partial charge in [0.05, 0.1) is 17.6 Å². The minimum atomic E-state index is -0.145. The topological polar surface area (TPSA) is 65.4 Å². The number of para-hydroxylation sites is 4. The van der Waals surface area contributed by atoms with E-state index >= 15 is 0 Å². The molecule has 0 atom stereocenters. The zero-order valence-corrected chi connectivity index (χ0v) is 18.9. The van der Waals surface area contributed by atoms with Crippen LogP contribution in [-0.2, 0) is 17.8 Å². The number of nitrogens with zero attached hydrogens (tertiary/aromatic N) is 2. The zero-order valence-electron chi connectivity index (χ0n) is 18.9. The van der Waals surface area contributed by atoms with Crippen molar-refractivity contribution in [3.8, 4) is 11.5 Å². The molecular formula is C27H29N3O3. The number of rotatable bonds is 11. The second kappa shape index (κ2) is 11.2. The molecule has 6 heteroatoms. The molecular weight excluding hydrogens is 414 g/mol. The second-order valence-electron chi connectivity index (χ2n) is 7.84. The molecule has 0 fully saturated rings. The first kappa shape index (κ1) is 22.4. The molecule has 1 heterocycles. The Labute approximate surface area is 194 Å². The fourth-order valence-electron chi connectivity index (χ4n) is 3.72. The van der Waals surface area contributed by atoms with Gasteiger partial charge in [-0.2, -0.15) is 0 Å². The van der Waals surface area contributed by atoms with Crippen LogP contribution in [0.2, 0.25) is 0 Å². The van der Waals surface area contributed by atoms with Crippen LogP contribution in [0.15, 0.2) is 78.9 Å². The molecule has 0 saturated carbocycles. The van der Waals surface area contributed by atoms with Gasteiger partial charge >= 0.3 is 0 Å². The number of benzene rings is 3. The van der Waals surface area contributed by atoms with Gasteiger partial charge in [0.2, 0.25) is 0 Å². The van der Waals surface area contributed by atoms with E-state index in [2.05, 4.69) is 28.9 Å². The first-order valence-corrected chi connectivity index (χ1v) is 11.3. The highest BCUT2D eigenvalue weighted by atomic mass is 16.5. The van der Waals surface area contributed by atoms with Crippen molar-refractivity contribution < 1.29 is 14.3 Å². The molecule has 33 heavy (non-hydrogen) atoms. The number of fused-ring (bicyclic) bond motifs is 1. The number of nitrogens with one attached hydrogen (secondary N) is 1. The molecule has 1 aromatic heterocycles. The molecule has 1 N–H and O–H groups in total. The lowest BCUT2D eigenvalue weighted by Crippen LogP contribution is -2.31. The third kappa shape index (κ3) is 6.13. The van der Waals surface area contributed by atoms with Gasteiger partial charge in [0, 0.05) is 19.5 Å². The SMILES string of the molecule is Cc1ccccc1OCCCn1c(CCNC(=O)COc2ccccc2)nc2ccccc21. The number of hydrogen-bond acceptors (Lipinski definition) is 4. The largest absolute Gasteiger partial charge is 0.493 e. The Morgan fingerprint density at radius 1 is 0.939 bits per heavy atom. The number of amides is 1. The maximum absolute atomic E-state index is 12.2. The van der Waals surface area contributed by atoms with E-state index in [1.54, 1.807) is 0 Å². The Morgan fingerprint density at radius 2 is 1.70 bits per heavy atom. The van der Waals surface area contributed by atoms with Crippen LogP contribution in [-0.4, -0.2) is 35.2 Å². The van der Waals surface area contributed by atoms with E-state index in [0.717, 1.165) is 41.1 Å². The Morgan fingerprint density at radius 3 is 2.55 bits per heavy atom. The van der Waals surface area contributed by atoms with Gasteiger partial charge in [0.15, 0.2) is 6.61 Å². The summed E-state index contributed by atoms with van der Waals surface area (Å²) in [6.45, 7) is 3.98. The number of ether oxygens (including phenoxy) is 2. The monoisotopic (exact) mass is 443 g/mol. The fourth-order valence-corrected chi connectivity index (χ4v) is 3.72. The lowest BCUT2D eigenvalue weighted by molar-refractivity contribution is -0.123. The van der Waals surface area contributed by atoms with Crippen LogP contribution in [0, 0.1) is 6.92 Å².